The van der Waals surface area contributed by atoms with Crippen LogP contribution in [0, 0.1) is 0 Å². The molecule has 1 aromatic carbocycles. The molecule has 0 aliphatic heterocycles. The van der Waals surface area contributed by atoms with E-state index in [0.717, 1.165) is 49.1 Å². The number of allylic oxidation sites excluding steroid dienone is 2. The molecule has 7 heteroatoms. The third kappa shape index (κ3) is 7.15. The van der Waals surface area contributed by atoms with E-state index >= 15 is 0 Å². The summed E-state index contributed by atoms with van der Waals surface area (Å²) in [6.07, 6.45) is 5.95. The van der Waals surface area contributed by atoms with Gasteiger partial charge in [-0.05, 0) is 68.0 Å². The Morgan fingerprint density at radius 3 is 2.29 bits per heavy atom. The normalized spacial score (nSPS) is 11.8. The quantitative estimate of drug-likeness (QED) is 0.418. The van der Waals surface area contributed by atoms with E-state index in [4.69, 9.17) is 19.2 Å². The molecule has 2 rings (SSSR count). The first kappa shape index (κ1) is 27.1. The number of hydrogen-bond acceptors (Lipinski definition) is 7. The van der Waals surface area contributed by atoms with Crippen molar-refractivity contribution in [2.75, 3.05) is 14.2 Å². The standard InChI is InChI=1S/C27H35NO6/c1-6-19(11-10-16-27(31,7-2)8-3)24-13-9-12-20(28-24)18-34-21-14-15-22(25(29)32-4)23(17-21)26(30)33-5/h9,11-15,17,31H,6-8,10,16,18H2,1-5H3. The van der Waals surface area contributed by atoms with Crippen molar-refractivity contribution in [1.82, 2.24) is 4.98 Å². The predicted octanol–water partition coefficient (Wildman–Crippen LogP) is 5.36. The predicted molar refractivity (Wildman–Crippen MR) is 131 cm³/mol. The van der Waals surface area contributed by atoms with E-state index in [1.54, 1.807) is 6.07 Å². The minimum atomic E-state index is -0.651. The second-order valence-corrected chi connectivity index (χ2v) is 8.05. The molecular weight excluding hydrogens is 434 g/mol. The van der Waals surface area contributed by atoms with Gasteiger partial charge >= 0.3 is 11.9 Å². The van der Waals surface area contributed by atoms with Gasteiger partial charge in [-0.3, -0.25) is 0 Å². The topological polar surface area (TPSA) is 95.0 Å². The lowest BCUT2D eigenvalue weighted by molar-refractivity contribution is 0.0246. The fourth-order valence-corrected chi connectivity index (χ4v) is 3.62. The monoisotopic (exact) mass is 469 g/mol. The van der Waals surface area contributed by atoms with Crippen molar-refractivity contribution in [1.29, 1.82) is 0 Å². The summed E-state index contributed by atoms with van der Waals surface area (Å²) in [7, 11) is 2.50. The van der Waals surface area contributed by atoms with Crippen LogP contribution in [0.3, 0.4) is 0 Å². The molecule has 7 nitrogen and oxygen atoms in total. The fourth-order valence-electron chi connectivity index (χ4n) is 3.62. The number of methoxy groups -OCH3 is 2. The largest absolute Gasteiger partial charge is 0.487 e. The van der Waals surface area contributed by atoms with Crippen molar-refractivity contribution < 1.29 is 28.9 Å². The molecule has 1 aromatic heterocycles. The van der Waals surface area contributed by atoms with E-state index in [1.807, 2.05) is 32.0 Å². The van der Waals surface area contributed by atoms with Gasteiger partial charge in [0.2, 0.25) is 0 Å². The lowest BCUT2D eigenvalue weighted by Gasteiger charge is -2.24. The number of nitrogens with zero attached hydrogens (tertiary/aromatic N) is 1. The summed E-state index contributed by atoms with van der Waals surface area (Å²) in [5.74, 6) is -0.872. The Morgan fingerprint density at radius 2 is 1.68 bits per heavy atom. The van der Waals surface area contributed by atoms with Crippen LogP contribution in [-0.2, 0) is 16.1 Å². The van der Waals surface area contributed by atoms with Gasteiger partial charge in [-0.1, -0.05) is 32.9 Å². The molecule has 2 aromatic rings. The van der Waals surface area contributed by atoms with Crippen LogP contribution in [0.15, 0.2) is 42.5 Å². The van der Waals surface area contributed by atoms with Gasteiger partial charge in [0.15, 0.2) is 0 Å². The lowest BCUT2D eigenvalue weighted by atomic mass is 9.91. The van der Waals surface area contributed by atoms with Crippen molar-refractivity contribution in [3.63, 3.8) is 0 Å². The third-order valence-corrected chi connectivity index (χ3v) is 6.02. The maximum Gasteiger partial charge on any atom is 0.338 e. The zero-order valence-electron chi connectivity index (χ0n) is 20.7. The van der Waals surface area contributed by atoms with Gasteiger partial charge in [0.1, 0.15) is 12.4 Å². The summed E-state index contributed by atoms with van der Waals surface area (Å²) < 4.78 is 15.3. The Hall–Kier alpha value is -3.19. The molecule has 0 unspecified atom stereocenters. The van der Waals surface area contributed by atoms with E-state index in [1.165, 1.54) is 26.4 Å². The minimum Gasteiger partial charge on any atom is -0.487 e. The molecule has 0 fully saturated rings. The smallest absolute Gasteiger partial charge is 0.338 e. The Labute approximate surface area is 201 Å². The summed E-state index contributed by atoms with van der Waals surface area (Å²) in [5.41, 5.74) is 2.28. The Balaban J connectivity index is 2.15. The number of aromatic nitrogens is 1. The summed E-state index contributed by atoms with van der Waals surface area (Å²) >= 11 is 0. The molecule has 0 amide bonds. The van der Waals surface area contributed by atoms with Crippen LogP contribution in [0.5, 0.6) is 5.75 Å². The molecule has 0 spiro atoms. The van der Waals surface area contributed by atoms with Gasteiger partial charge < -0.3 is 19.3 Å². The Bertz CT molecular complexity index is 1010. The number of benzene rings is 1. The summed E-state index contributed by atoms with van der Waals surface area (Å²) in [4.78, 5) is 28.8. The second-order valence-electron chi connectivity index (χ2n) is 8.05. The number of hydrogen-bond donors (Lipinski definition) is 1. The van der Waals surface area contributed by atoms with E-state index < -0.39 is 17.5 Å². The van der Waals surface area contributed by atoms with Crippen LogP contribution >= 0.6 is 0 Å². The van der Waals surface area contributed by atoms with Gasteiger partial charge in [-0.25, -0.2) is 14.6 Å². The van der Waals surface area contributed by atoms with Gasteiger partial charge in [0.05, 0.1) is 42.3 Å². The van der Waals surface area contributed by atoms with Gasteiger partial charge in [-0.15, -0.1) is 0 Å². The summed E-state index contributed by atoms with van der Waals surface area (Å²) in [6, 6.07) is 10.3. The molecule has 0 aliphatic rings. The van der Waals surface area contributed by atoms with Crippen LogP contribution < -0.4 is 4.74 Å². The number of pyridine rings is 1. The van der Waals surface area contributed by atoms with Crippen LogP contribution in [0.1, 0.15) is 85.0 Å². The summed E-state index contributed by atoms with van der Waals surface area (Å²) in [6.45, 7) is 6.29. The first-order chi connectivity index (χ1) is 16.3. The molecule has 34 heavy (non-hydrogen) atoms. The molecule has 0 bridgehead atoms. The van der Waals surface area contributed by atoms with Crippen molar-refractivity contribution in [2.45, 2.75) is 65.1 Å². The highest BCUT2D eigenvalue weighted by Crippen LogP contribution is 2.25. The molecule has 1 N–H and O–H groups in total. The Kier molecular flexibility index (Phi) is 10.3. The zero-order chi connectivity index (χ0) is 25.1. The highest BCUT2D eigenvalue weighted by atomic mass is 16.5. The summed E-state index contributed by atoms with van der Waals surface area (Å²) in [5, 5.41) is 10.5. The minimum absolute atomic E-state index is 0.0730. The molecule has 1 heterocycles. The third-order valence-electron chi connectivity index (χ3n) is 6.02. The number of aliphatic hydroxyl groups is 1. The number of carbonyl (C=O) groups excluding carboxylic acids is 2. The van der Waals surface area contributed by atoms with E-state index in [2.05, 4.69) is 13.0 Å². The molecule has 0 aliphatic carbocycles. The van der Waals surface area contributed by atoms with Gasteiger partial charge in [-0.2, -0.15) is 0 Å². The van der Waals surface area contributed by atoms with Crippen LogP contribution in [0.4, 0.5) is 0 Å². The van der Waals surface area contributed by atoms with Crippen molar-refractivity contribution in [3.05, 3.63) is 65.0 Å². The second kappa shape index (κ2) is 12.9. The van der Waals surface area contributed by atoms with Crippen molar-refractivity contribution >= 4 is 17.5 Å². The molecule has 184 valence electrons. The van der Waals surface area contributed by atoms with Gasteiger partial charge in [0.25, 0.3) is 0 Å². The van der Waals surface area contributed by atoms with Crippen LogP contribution in [-0.4, -0.2) is 41.8 Å². The van der Waals surface area contributed by atoms with E-state index in [9.17, 15) is 14.7 Å². The van der Waals surface area contributed by atoms with Gasteiger partial charge in [0, 0.05) is 0 Å². The number of ether oxygens (including phenoxy) is 3. The first-order valence-corrected chi connectivity index (χ1v) is 11.6. The zero-order valence-corrected chi connectivity index (χ0v) is 20.7. The van der Waals surface area contributed by atoms with Crippen LogP contribution in [0.2, 0.25) is 0 Å². The SMILES string of the molecule is CCC(=CCCC(O)(CC)CC)c1cccc(COc2ccc(C(=O)OC)c(C(=O)OC)c2)n1. The highest BCUT2D eigenvalue weighted by Gasteiger charge is 2.21. The highest BCUT2D eigenvalue weighted by molar-refractivity contribution is 6.03. The average Bonchev–Trinajstić information content (AvgIpc) is 2.88. The van der Waals surface area contributed by atoms with Crippen molar-refractivity contribution in [2.24, 2.45) is 0 Å². The molecule has 0 atom stereocenters. The maximum absolute atomic E-state index is 12.1. The molecular formula is C27H35NO6. The number of carbonyl (C=O) groups is 2. The fraction of sp³-hybridized carbons (Fsp3) is 0.444. The lowest BCUT2D eigenvalue weighted by Crippen LogP contribution is -2.25. The van der Waals surface area contributed by atoms with E-state index in [0.29, 0.717) is 5.75 Å². The number of esters is 2. The maximum atomic E-state index is 12.1. The van der Waals surface area contributed by atoms with Crippen molar-refractivity contribution in [3.8, 4) is 5.75 Å². The van der Waals surface area contributed by atoms with Crippen LogP contribution in [0.25, 0.3) is 5.57 Å². The molecule has 0 saturated carbocycles. The first-order valence-electron chi connectivity index (χ1n) is 11.6. The molecule has 0 radical (unpaired) electrons. The van der Waals surface area contributed by atoms with E-state index in [-0.39, 0.29) is 17.7 Å². The average molecular weight is 470 g/mol. The number of rotatable bonds is 12. The molecule has 0 saturated heterocycles. The Morgan fingerprint density at radius 1 is 1.00 bits per heavy atom.